The number of nitrogens with zero attached hydrogens (tertiary/aromatic N) is 3. The number of hydrogen-bond acceptors (Lipinski definition) is 4. The Kier molecular flexibility index (Phi) is 3.75. The molecule has 2 aliphatic rings. The Hall–Kier alpha value is -3.16. The lowest BCUT2D eigenvalue weighted by atomic mass is 10.1. The minimum Gasteiger partial charge on any atom is -0.395 e. The maximum Gasteiger partial charge on any atom is 0.586 e. The Labute approximate surface area is 159 Å². The molecule has 5 rings (SSSR count). The summed E-state index contributed by atoms with van der Waals surface area (Å²) in [5.41, 5.74) is 1.79. The number of carbonyl (C=O) groups is 1. The van der Waals surface area contributed by atoms with Gasteiger partial charge in [0.05, 0.1) is 11.3 Å². The fourth-order valence-electron chi connectivity index (χ4n) is 3.72. The van der Waals surface area contributed by atoms with Crippen LogP contribution in [0.3, 0.4) is 0 Å². The lowest BCUT2D eigenvalue weighted by Gasteiger charge is -2.26. The van der Waals surface area contributed by atoms with Crippen LogP contribution in [0.15, 0.2) is 42.7 Å². The normalized spacial score (nSPS) is 17.9. The molecule has 1 aromatic carbocycles. The molecule has 1 amide bonds. The van der Waals surface area contributed by atoms with Crippen molar-refractivity contribution in [1.29, 1.82) is 0 Å². The van der Waals surface area contributed by atoms with E-state index in [1.807, 2.05) is 17.0 Å². The molecule has 28 heavy (non-hydrogen) atoms. The van der Waals surface area contributed by atoms with Crippen LogP contribution in [0, 0.1) is 0 Å². The van der Waals surface area contributed by atoms with Crippen LogP contribution in [0.25, 0.3) is 16.7 Å². The second kappa shape index (κ2) is 6.19. The van der Waals surface area contributed by atoms with Gasteiger partial charge in [0, 0.05) is 36.9 Å². The van der Waals surface area contributed by atoms with Gasteiger partial charge >= 0.3 is 6.29 Å². The Bertz CT molecular complexity index is 1070. The van der Waals surface area contributed by atoms with Crippen LogP contribution in [0.4, 0.5) is 8.78 Å². The SMILES string of the molecule is O=C(c1cnc2c(ccn2-c2ccc3c(c2)OC(F)(F)O3)c1)N1CCCCC1. The third-order valence-corrected chi connectivity index (χ3v) is 5.08. The summed E-state index contributed by atoms with van der Waals surface area (Å²) in [6, 6.07) is 8.22. The number of pyridine rings is 1. The average Bonchev–Trinajstić information content (AvgIpc) is 3.25. The first-order chi connectivity index (χ1) is 13.5. The summed E-state index contributed by atoms with van der Waals surface area (Å²) in [6.45, 7) is 1.55. The molecular weight excluding hydrogens is 368 g/mol. The van der Waals surface area contributed by atoms with Gasteiger partial charge in [0.1, 0.15) is 5.65 Å². The van der Waals surface area contributed by atoms with Gasteiger partial charge in [-0.05, 0) is 43.5 Å². The van der Waals surface area contributed by atoms with E-state index in [1.54, 1.807) is 23.0 Å². The second-order valence-corrected chi connectivity index (χ2v) is 6.97. The van der Waals surface area contributed by atoms with Crippen molar-refractivity contribution in [3.05, 3.63) is 48.3 Å². The molecule has 0 radical (unpaired) electrons. The Morgan fingerprint density at radius 2 is 1.82 bits per heavy atom. The number of likely N-dealkylation sites (tertiary alicyclic amines) is 1. The van der Waals surface area contributed by atoms with Gasteiger partial charge in [-0.15, -0.1) is 8.78 Å². The molecule has 0 unspecified atom stereocenters. The zero-order chi connectivity index (χ0) is 19.3. The van der Waals surface area contributed by atoms with E-state index >= 15 is 0 Å². The molecule has 1 saturated heterocycles. The van der Waals surface area contributed by atoms with Gasteiger partial charge in [-0.3, -0.25) is 4.79 Å². The number of piperidine rings is 1. The van der Waals surface area contributed by atoms with E-state index in [-0.39, 0.29) is 17.4 Å². The number of halogens is 2. The third-order valence-electron chi connectivity index (χ3n) is 5.08. The predicted molar refractivity (Wildman–Crippen MR) is 97.0 cm³/mol. The highest BCUT2D eigenvalue weighted by molar-refractivity contribution is 5.97. The molecule has 2 aromatic heterocycles. The van der Waals surface area contributed by atoms with E-state index in [2.05, 4.69) is 14.5 Å². The van der Waals surface area contributed by atoms with Crippen LogP contribution < -0.4 is 9.47 Å². The summed E-state index contributed by atoms with van der Waals surface area (Å²) in [6.07, 6.45) is 2.91. The number of amides is 1. The summed E-state index contributed by atoms with van der Waals surface area (Å²) >= 11 is 0. The first kappa shape index (κ1) is 17.0. The topological polar surface area (TPSA) is 56.6 Å². The fourth-order valence-corrected chi connectivity index (χ4v) is 3.72. The Morgan fingerprint density at radius 1 is 1.04 bits per heavy atom. The van der Waals surface area contributed by atoms with Crippen LogP contribution in [0.1, 0.15) is 29.6 Å². The highest BCUT2D eigenvalue weighted by atomic mass is 19.3. The Balaban J connectivity index is 1.47. The molecule has 4 heterocycles. The van der Waals surface area contributed by atoms with Crippen molar-refractivity contribution in [2.24, 2.45) is 0 Å². The number of hydrogen-bond donors (Lipinski definition) is 0. The number of rotatable bonds is 2. The predicted octanol–water partition coefficient (Wildman–Crippen LogP) is 3.97. The standard InChI is InChI=1S/C20H17F2N3O3/c21-20(22)27-16-5-4-15(11-17(16)28-20)25-9-6-13-10-14(12-23-18(13)25)19(26)24-7-2-1-3-8-24/h4-6,9-12H,1-3,7-8H2. The van der Waals surface area contributed by atoms with Crippen LogP contribution in [0.5, 0.6) is 11.5 Å². The molecule has 0 spiro atoms. The molecule has 144 valence electrons. The van der Waals surface area contributed by atoms with Crippen LogP contribution in [0.2, 0.25) is 0 Å². The molecule has 6 nitrogen and oxygen atoms in total. The van der Waals surface area contributed by atoms with Gasteiger partial charge in [0.15, 0.2) is 11.5 Å². The molecule has 0 aliphatic carbocycles. The van der Waals surface area contributed by atoms with Crippen molar-refractivity contribution in [3.63, 3.8) is 0 Å². The van der Waals surface area contributed by atoms with E-state index in [0.717, 1.165) is 37.7 Å². The summed E-state index contributed by atoms with van der Waals surface area (Å²) < 4.78 is 37.2. The summed E-state index contributed by atoms with van der Waals surface area (Å²) in [5.74, 6) is -0.0407. The second-order valence-electron chi connectivity index (χ2n) is 6.97. The van der Waals surface area contributed by atoms with E-state index < -0.39 is 6.29 Å². The molecular formula is C20H17F2N3O3. The number of aromatic nitrogens is 2. The van der Waals surface area contributed by atoms with Crippen molar-refractivity contribution < 1.29 is 23.0 Å². The van der Waals surface area contributed by atoms with Crippen LogP contribution in [-0.4, -0.2) is 39.7 Å². The lowest BCUT2D eigenvalue weighted by molar-refractivity contribution is -0.286. The summed E-state index contributed by atoms with van der Waals surface area (Å²) in [5, 5.41) is 0.797. The molecule has 0 saturated carbocycles. The van der Waals surface area contributed by atoms with Gasteiger partial charge in [0.2, 0.25) is 0 Å². The maximum absolute atomic E-state index is 13.2. The molecule has 0 bridgehead atoms. The highest BCUT2D eigenvalue weighted by Crippen LogP contribution is 2.42. The molecule has 3 aromatic rings. The number of alkyl halides is 2. The number of carbonyl (C=O) groups excluding carboxylic acids is 1. The van der Waals surface area contributed by atoms with E-state index in [4.69, 9.17) is 0 Å². The molecule has 1 fully saturated rings. The summed E-state index contributed by atoms with van der Waals surface area (Å²) in [7, 11) is 0. The largest absolute Gasteiger partial charge is 0.586 e. The highest BCUT2D eigenvalue weighted by Gasteiger charge is 2.43. The van der Waals surface area contributed by atoms with E-state index in [1.165, 1.54) is 12.1 Å². The fraction of sp³-hybridized carbons (Fsp3) is 0.300. The molecule has 2 aliphatic heterocycles. The van der Waals surface area contributed by atoms with Crippen molar-refractivity contribution in [1.82, 2.24) is 14.5 Å². The zero-order valence-corrected chi connectivity index (χ0v) is 14.9. The van der Waals surface area contributed by atoms with E-state index in [0.29, 0.717) is 16.9 Å². The lowest BCUT2D eigenvalue weighted by Crippen LogP contribution is -2.35. The third kappa shape index (κ3) is 2.85. The quantitative estimate of drug-likeness (QED) is 0.670. The first-order valence-corrected chi connectivity index (χ1v) is 9.17. The minimum absolute atomic E-state index is 0.00687. The van der Waals surface area contributed by atoms with Gasteiger partial charge < -0.3 is 18.9 Å². The minimum atomic E-state index is -3.65. The number of benzene rings is 1. The molecule has 0 atom stereocenters. The maximum atomic E-state index is 13.2. The molecule has 0 N–H and O–H groups in total. The average molecular weight is 385 g/mol. The van der Waals surface area contributed by atoms with Crippen LogP contribution in [-0.2, 0) is 0 Å². The zero-order valence-electron chi connectivity index (χ0n) is 14.9. The van der Waals surface area contributed by atoms with Crippen LogP contribution >= 0.6 is 0 Å². The van der Waals surface area contributed by atoms with Gasteiger partial charge in [0.25, 0.3) is 5.91 Å². The van der Waals surface area contributed by atoms with Crippen molar-refractivity contribution in [2.75, 3.05) is 13.1 Å². The number of fused-ring (bicyclic) bond motifs is 2. The molecule has 8 heteroatoms. The first-order valence-electron chi connectivity index (χ1n) is 9.17. The van der Waals surface area contributed by atoms with Gasteiger partial charge in [-0.25, -0.2) is 4.98 Å². The van der Waals surface area contributed by atoms with E-state index in [9.17, 15) is 13.6 Å². The van der Waals surface area contributed by atoms with Gasteiger partial charge in [-0.1, -0.05) is 0 Å². The number of ether oxygens (including phenoxy) is 2. The van der Waals surface area contributed by atoms with Crippen molar-refractivity contribution in [3.8, 4) is 17.2 Å². The smallest absolute Gasteiger partial charge is 0.395 e. The summed E-state index contributed by atoms with van der Waals surface area (Å²) in [4.78, 5) is 19.0. The van der Waals surface area contributed by atoms with Crippen molar-refractivity contribution in [2.45, 2.75) is 25.6 Å². The monoisotopic (exact) mass is 385 g/mol. The van der Waals surface area contributed by atoms with Gasteiger partial charge in [-0.2, -0.15) is 0 Å². The Morgan fingerprint density at radius 3 is 2.64 bits per heavy atom. The van der Waals surface area contributed by atoms with Crippen molar-refractivity contribution >= 4 is 16.9 Å².